The molecular weight excluding hydrogens is 198 g/mol. The van der Waals surface area contributed by atoms with Crippen LogP contribution in [0.3, 0.4) is 0 Å². The number of benzene rings is 1. The molecule has 1 aromatic rings. The highest BCUT2D eigenvalue weighted by atomic mass is 16.3. The summed E-state index contributed by atoms with van der Waals surface area (Å²) in [5, 5.41) is 9.56. The van der Waals surface area contributed by atoms with Gasteiger partial charge in [-0.15, -0.1) is 0 Å². The largest absolute Gasteiger partial charge is 0.394 e. The molecule has 1 N–H and O–H groups in total. The van der Waals surface area contributed by atoms with Gasteiger partial charge < -0.3 is 5.11 Å². The fourth-order valence-corrected chi connectivity index (χ4v) is 2.10. The number of hydrogen-bond donors (Lipinski definition) is 1. The van der Waals surface area contributed by atoms with Crippen molar-refractivity contribution >= 4 is 0 Å². The van der Waals surface area contributed by atoms with E-state index >= 15 is 0 Å². The zero-order chi connectivity index (χ0) is 11.8. The molecule has 0 amide bonds. The monoisotopic (exact) mass is 221 g/mol. The zero-order valence-electron chi connectivity index (χ0n) is 10.4. The summed E-state index contributed by atoms with van der Waals surface area (Å²) in [6.45, 7) is 6.66. The van der Waals surface area contributed by atoms with E-state index in [1.807, 2.05) is 18.2 Å². The van der Waals surface area contributed by atoms with Gasteiger partial charge in [0.1, 0.15) is 0 Å². The maximum absolute atomic E-state index is 9.56. The van der Waals surface area contributed by atoms with E-state index in [1.54, 1.807) is 0 Å². The second-order valence-corrected chi connectivity index (χ2v) is 4.15. The molecule has 0 fully saturated rings. The summed E-state index contributed by atoms with van der Waals surface area (Å²) >= 11 is 0. The van der Waals surface area contributed by atoms with Crippen LogP contribution >= 0.6 is 0 Å². The number of hydrogen-bond acceptors (Lipinski definition) is 2. The van der Waals surface area contributed by atoms with Gasteiger partial charge in [0.25, 0.3) is 0 Å². The zero-order valence-corrected chi connectivity index (χ0v) is 10.4. The lowest BCUT2D eigenvalue weighted by atomic mass is 10.1. The first-order valence-electron chi connectivity index (χ1n) is 6.23. The number of aliphatic hydroxyl groups is 1. The van der Waals surface area contributed by atoms with Crippen molar-refractivity contribution in [2.24, 2.45) is 0 Å². The number of nitrogens with zero attached hydrogens (tertiary/aromatic N) is 1. The van der Waals surface area contributed by atoms with Crippen LogP contribution in [0.25, 0.3) is 0 Å². The minimum Gasteiger partial charge on any atom is -0.394 e. The Morgan fingerprint density at radius 3 is 2.06 bits per heavy atom. The van der Waals surface area contributed by atoms with Crippen molar-refractivity contribution in [1.29, 1.82) is 0 Å². The molecule has 0 saturated carbocycles. The molecule has 1 rings (SSSR count). The molecule has 0 heterocycles. The Bertz CT molecular complexity index is 267. The third-order valence-electron chi connectivity index (χ3n) is 2.82. The molecule has 0 radical (unpaired) electrons. The van der Waals surface area contributed by atoms with Crippen LogP contribution in [0.1, 0.15) is 38.3 Å². The Hall–Kier alpha value is -0.860. The Kier molecular flexibility index (Phi) is 6.12. The molecule has 90 valence electrons. The Morgan fingerprint density at radius 2 is 1.62 bits per heavy atom. The highest BCUT2D eigenvalue weighted by molar-refractivity contribution is 5.19. The lowest BCUT2D eigenvalue weighted by Crippen LogP contribution is -2.32. The van der Waals surface area contributed by atoms with E-state index in [-0.39, 0.29) is 12.6 Å². The van der Waals surface area contributed by atoms with Crippen LogP contribution in [0.5, 0.6) is 0 Å². The average Bonchev–Trinajstić information content (AvgIpc) is 2.32. The molecular formula is C14H23NO. The smallest absolute Gasteiger partial charge is 0.0628 e. The van der Waals surface area contributed by atoms with Gasteiger partial charge in [0.05, 0.1) is 12.6 Å². The molecule has 2 heteroatoms. The molecule has 0 spiro atoms. The van der Waals surface area contributed by atoms with Gasteiger partial charge in [-0.1, -0.05) is 44.2 Å². The van der Waals surface area contributed by atoms with Gasteiger partial charge in [0.2, 0.25) is 0 Å². The van der Waals surface area contributed by atoms with Crippen molar-refractivity contribution in [3.63, 3.8) is 0 Å². The Morgan fingerprint density at radius 1 is 1.06 bits per heavy atom. The lowest BCUT2D eigenvalue weighted by molar-refractivity contribution is 0.123. The van der Waals surface area contributed by atoms with Crippen LogP contribution in [0.2, 0.25) is 0 Å². The molecule has 1 atom stereocenters. The fraction of sp³-hybridized carbons (Fsp3) is 0.571. The van der Waals surface area contributed by atoms with Crippen molar-refractivity contribution in [3.8, 4) is 0 Å². The number of aliphatic hydroxyl groups excluding tert-OH is 1. The topological polar surface area (TPSA) is 23.5 Å². The molecule has 0 aliphatic rings. The first-order chi connectivity index (χ1) is 7.83. The molecule has 0 aliphatic carbocycles. The summed E-state index contributed by atoms with van der Waals surface area (Å²) in [5.74, 6) is 0. The van der Waals surface area contributed by atoms with E-state index in [0.717, 1.165) is 25.9 Å². The van der Waals surface area contributed by atoms with Gasteiger partial charge >= 0.3 is 0 Å². The molecule has 0 unspecified atom stereocenters. The van der Waals surface area contributed by atoms with Crippen LogP contribution < -0.4 is 0 Å². The van der Waals surface area contributed by atoms with E-state index in [1.165, 1.54) is 5.56 Å². The maximum Gasteiger partial charge on any atom is 0.0628 e. The van der Waals surface area contributed by atoms with E-state index < -0.39 is 0 Å². The average molecular weight is 221 g/mol. The van der Waals surface area contributed by atoms with Crippen LogP contribution in [0.15, 0.2) is 30.3 Å². The molecule has 0 saturated heterocycles. The van der Waals surface area contributed by atoms with Crippen LogP contribution in [0, 0.1) is 0 Å². The van der Waals surface area contributed by atoms with Gasteiger partial charge in [0, 0.05) is 0 Å². The first kappa shape index (κ1) is 13.2. The summed E-state index contributed by atoms with van der Waals surface area (Å²) < 4.78 is 0. The molecule has 1 aromatic carbocycles. The van der Waals surface area contributed by atoms with Crippen LogP contribution in [-0.4, -0.2) is 29.7 Å². The highest BCUT2D eigenvalue weighted by Crippen LogP contribution is 2.20. The molecule has 0 aromatic heterocycles. The Labute approximate surface area is 98.9 Å². The summed E-state index contributed by atoms with van der Waals surface area (Å²) in [6.07, 6.45) is 2.26. The molecule has 0 aliphatic heterocycles. The van der Waals surface area contributed by atoms with E-state index in [4.69, 9.17) is 0 Å². The summed E-state index contributed by atoms with van der Waals surface area (Å²) in [7, 11) is 0. The van der Waals surface area contributed by atoms with Crippen molar-refractivity contribution in [2.45, 2.75) is 32.7 Å². The second-order valence-electron chi connectivity index (χ2n) is 4.15. The van der Waals surface area contributed by atoms with Crippen LogP contribution in [-0.2, 0) is 0 Å². The summed E-state index contributed by atoms with van der Waals surface area (Å²) in [4.78, 5) is 2.37. The van der Waals surface area contributed by atoms with Gasteiger partial charge in [0.15, 0.2) is 0 Å². The quantitative estimate of drug-likeness (QED) is 0.765. The van der Waals surface area contributed by atoms with Crippen molar-refractivity contribution in [1.82, 2.24) is 4.90 Å². The SMILES string of the molecule is CCCN(CCC)[C@@H](CO)c1ccccc1. The molecule has 2 nitrogen and oxygen atoms in total. The van der Waals surface area contributed by atoms with Gasteiger partial charge in [-0.25, -0.2) is 0 Å². The lowest BCUT2D eigenvalue weighted by Gasteiger charge is -2.30. The molecule has 16 heavy (non-hydrogen) atoms. The third kappa shape index (κ3) is 3.62. The minimum atomic E-state index is 0.154. The standard InChI is InChI=1S/C14H23NO/c1-3-10-15(11-4-2)14(12-16)13-8-6-5-7-9-13/h5-9,14,16H,3-4,10-12H2,1-2H3/t14-/m0/s1. The minimum absolute atomic E-state index is 0.154. The fourth-order valence-electron chi connectivity index (χ4n) is 2.10. The summed E-state index contributed by atoms with van der Waals surface area (Å²) in [5.41, 5.74) is 1.21. The predicted octanol–water partition coefficient (Wildman–Crippen LogP) is 2.84. The summed E-state index contributed by atoms with van der Waals surface area (Å²) in [6, 6.07) is 10.4. The number of rotatable bonds is 7. The first-order valence-corrected chi connectivity index (χ1v) is 6.23. The van der Waals surface area contributed by atoms with Gasteiger partial charge in [-0.3, -0.25) is 4.90 Å². The third-order valence-corrected chi connectivity index (χ3v) is 2.82. The van der Waals surface area contributed by atoms with Crippen molar-refractivity contribution in [2.75, 3.05) is 19.7 Å². The van der Waals surface area contributed by atoms with Crippen molar-refractivity contribution < 1.29 is 5.11 Å². The predicted molar refractivity (Wildman–Crippen MR) is 68.4 cm³/mol. The van der Waals surface area contributed by atoms with E-state index in [9.17, 15) is 5.11 Å². The molecule has 0 bridgehead atoms. The van der Waals surface area contributed by atoms with Crippen LogP contribution in [0.4, 0.5) is 0 Å². The van der Waals surface area contributed by atoms with Crippen molar-refractivity contribution in [3.05, 3.63) is 35.9 Å². The normalized spacial score (nSPS) is 13.0. The van der Waals surface area contributed by atoms with E-state index in [2.05, 4.69) is 30.9 Å². The maximum atomic E-state index is 9.56. The van der Waals surface area contributed by atoms with E-state index in [0.29, 0.717) is 0 Å². The Balaban J connectivity index is 2.77. The second kappa shape index (κ2) is 7.42. The van der Waals surface area contributed by atoms with Gasteiger partial charge in [-0.05, 0) is 31.5 Å². The van der Waals surface area contributed by atoms with Gasteiger partial charge in [-0.2, -0.15) is 0 Å². The highest BCUT2D eigenvalue weighted by Gasteiger charge is 2.17.